The van der Waals surface area contributed by atoms with Gasteiger partial charge in [0.25, 0.3) is 0 Å². The van der Waals surface area contributed by atoms with Crippen LogP contribution in [0.5, 0.6) is 0 Å². The van der Waals surface area contributed by atoms with Gasteiger partial charge in [-0.15, -0.1) is 4.91 Å². The van der Waals surface area contributed by atoms with Crippen molar-refractivity contribution in [3.05, 3.63) is 33.4 Å². The van der Waals surface area contributed by atoms with E-state index in [-0.39, 0.29) is 5.56 Å². The topological polar surface area (TPSA) is 99.8 Å². The molecule has 0 saturated carbocycles. The minimum atomic E-state index is -0.958. The Kier molecular flexibility index (Phi) is 5.37. The maximum absolute atomic E-state index is 10.3. The summed E-state index contributed by atoms with van der Waals surface area (Å²) in [6.07, 6.45) is 1.30. The van der Waals surface area contributed by atoms with Gasteiger partial charge in [-0.2, -0.15) is 0 Å². The number of rotatable bonds is 1. The fraction of sp³-hybridized carbons (Fsp3) is 0. The molecule has 0 radical (unpaired) electrons. The van der Waals surface area contributed by atoms with E-state index < -0.39 is 5.97 Å². The Hall–Kier alpha value is -1.50. The number of aromatic carboxylic acids is 1. The Balaban J connectivity index is 0.000000424. The van der Waals surface area contributed by atoms with Crippen LogP contribution < -0.4 is 0 Å². The van der Waals surface area contributed by atoms with Gasteiger partial charge in [0.1, 0.15) is 4.60 Å². The summed E-state index contributed by atoms with van der Waals surface area (Å²) in [5.74, 6) is -0.958. The highest BCUT2D eigenvalue weighted by atomic mass is 79.9. The predicted octanol–water partition coefficient (Wildman–Crippen LogP) is 1.68. The fourth-order valence-electron chi connectivity index (χ4n) is 0.502. The zero-order chi connectivity index (χ0) is 10.3. The summed E-state index contributed by atoms with van der Waals surface area (Å²) >= 11 is 3.09. The number of nitrogens with zero attached hydrogens (tertiary/aromatic N) is 2. The second-order valence-corrected chi connectivity index (χ2v) is 2.57. The zero-order valence-electron chi connectivity index (χ0n) is 6.22. The molecule has 0 amide bonds. The number of hydrogen-bond acceptors (Lipinski definition) is 4. The van der Waals surface area contributed by atoms with Crippen LogP contribution in [-0.2, 0) is 0 Å². The fourth-order valence-corrected chi connectivity index (χ4v) is 0.737. The van der Waals surface area contributed by atoms with E-state index in [2.05, 4.69) is 20.9 Å². The van der Waals surface area contributed by atoms with Crippen molar-refractivity contribution in [2.24, 2.45) is 5.34 Å². The van der Waals surface area contributed by atoms with Crippen LogP contribution in [0.3, 0.4) is 0 Å². The molecular weight excluding hydrogens is 244 g/mol. The molecule has 0 aliphatic heterocycles. The van der Waals surface area contributed by atoms with E-state index in [1.54, 1.807) is 6.07 Å². The smallest absolute Gasteiger partial charge is 0.337 e. The summed E-state index contributed by atoms with van der Waals surface area (Å²) in [5.41, 5.74) is 0.197. The lowest BCUT2D eigenvalue weighted by Crippen LogP contribution is -1.95. The van der Waals surface area contributed by atoms with E-state index in [4.69, 9.17) is 15.2 Å². The molecule has 1 aromatic heterocycles. The number of halogens is 1. The number of carbonyl (C=O) groups is 1. The van der Waals surface area contributed by atoms with E-state index >= 15 is 0 Å². The molecule has 2 N–H and O–H groups in total. The Morgan fingerprint density at radius 2 is 2.08 bits per heavy atom. The van der Waals surface area contributed by atoms with Crippen molar-refractivity contribution in [1.29, 1.82) is 0 Å². The Labute approximate surface area is 81.3 Å². The molecule has 1 rings (SSSR count). The van der Waals surface area contributed by atoms with Gasteiger partial charge >= 0.3 is 5.97 Å². The zero-order valence-corrected chi connectivity index (χ0v) is 7.80. The summed E-state index contributed by atoms with van der Waals surface area (Å²) in [6.45, 7) is 0. The number of aromatic nitrogens is 1. The molecule has 70 valence electrons. The molecule has 0 spiro atoms. The van der Waals surface area contributed by atoms with Crippen LogP contribution in [-0.4, -0.2) is 21.3 Å². The molecule has 0 fully saturated rings. The summed E-state index contributed by atoms with van der Waals surface area (Å²) in [4.78, 5) is 22.1. The lowest BCUT2D eigenvalue weighted by molar-refractivity contribution is 0.0696. The van der Waals surface area contributed by atoms with Crippen molar-refractivity contribution < 1.29 is 15.1 Å². The van der Waals surface area contributed by atoms with E-state index in [0.717, 1.165) is 0 Å². The van der Waals surface area contributed by atoms with E-state index in [0.29, 0.717) is 4.60 Å². The number of pyridine rings is 1. The average Bonchev–Trinajstić information content (AvgIpc) is 2.06. The van der Waals surface area contributed by atoms with E-state index in [1.165, 1.54) is 17.6 Å². The first-order chi connectivity index (χ1) is 6.11. The third kappa shape index (κ3) is 4.86. The number of hydrogen-bond donors (Lipinski definition) is 2. The van der Waals surface area contributed by atoms with Crippen LogP contribution >= 0.6 is 15.9 Å². The Bertz CT molecular complexity index is 287. The summed E-state index contributed by atoms with van der Waals surface area (Å²) in [7, 11) is 0. The van der Waals surface area contributed by atoms with Crippen molar-refractivity contribution in [2.45, 2.75) is 0 Å². The first-order valence-corrected chi connectivity index (χ1v) is 3.72. The lowest BCUT2D eigenvalue weighted by atomic mass is 10.3. The molecule has 0 aliphatic carbocycles. The highest BCUT2D eigenvalue weighted by Gasteiger charge is 2.00. The quantitative estimate of drug-likeness (QED) is 0.448. The van der Waals surface area contributed by atoms with Crippen molar-refractivity contribution in [3.8, 4) is 0 Å². The molecule has 0 bridgehead atoms. The molecule has 0 atom stereocenters. The minimum absolute atomic E-state index is 0.197. The van der Waals surface area contributed by atoms with Gasteiger partial charge in [0.2, 0.25) is 0 Å². The van der Waals surface area contributed by atoms with Crippen molar-refractivity contribution in [1.82, 2.24) is 4.98 Å². The first-order valence-electron chi connectivity index (χ1n) is 2.93. The highest BCUT2D eigenvalue weighted by molar-refractivity contribution is 9.10. The molecule has 0 aromatic carbocycles. The standard InChI is InChI=1S/C6H4BrNO2.HNO2/c7-5-2-1-4(3-8-5)6(9)10;2-1-3/h1-3H,(H,9,10);(H,2,3). The first kappa shape index (κ1) is 11.5. The van der Waals surface area contributed by atoms with Gasteiger partial charge in [-0.1, -0.05) is 0 Å². The van der Waals surface area contributed by atoms with Crippen molar-refractivity contribution in [2.75, 3.05) is 0 Å². The third-order valence-corrected chi connectivity index (χ3v) is 1.44. The van der Waals surface area contributed by atoms with Gasteiger partial charge in [-0.3, -0.25) is 0 Å². The predicted molar refractivity (Wildman–Crippen MR) is 46.5 cm³/mol. The van der Waals surface area contributed by atoms with Crippen LogP contribution in [0.2, 0.25) is 0 Å². The van der Waals surface area contributed by atoms with Gasteiger partial charge in [-0.25, -0.2) is 9.78 Å². The average molecular weight is 249 g/mol. The molecule has 7 heteroatoms. The molecule has 6 nitrogen and oxygen atoms in total. The molecule has 0 saturated heterocycles. The minimum Gasteiger partial charge on any atom is -0.478 e. The second-order valence-electron chi connectivity index (χ2n) is 1.76. The van der Waals surface area contributed by atoms with Gasteiger partial charge < -0.3 is 10.3 Å². The molecule has 1 heterocycles. The van der Waals surface area contributed by atoms with Crippen LogP contribution in [0, 0.1) is 4.91 Å². The normalized spacial score (nSPS) is 8.08. The second kappa shape index (κ2) is 6.06. The summed E-state index contributed by atoms with van der Waals surface area (Å²) < 4.78 is 0.637. The lowest BCUT2D eigenvalue weighted by Gasteiger charge is -1.91. The van der Waals surface area contributed by atoms with Crippen LogP contribution in [0.15, 0.2) is 28.3 Å². The van der Waals surface area contributed by atoms with Gasteiger partial charge in [0.15, 0.2) is 5.34 Å². The van der Waals surface area contributed by atoms with Gasteiger partial charge in [0.05, 0.1) is 5.56 Å². The van der Waals surface area contributed by atoms with Crippen LogP contribution in [0.25, 0.3) is 0 Å². The molecule has 0 aliphatic rings. The molecular formula is C6H5BrN2O4. The molecule has 1 aromatic rings. The van der Waals surface area contributed by atoms with Crippen LogP contribution in [0.1, 0.15) is 10.4 Å². The molecule has 13 heavy (non-hydrogen) atoms. The number of carboxylic acids is 1. The van der Waals surface area contributed by atoms with Crippen molar-refractivity contribution in [3.63, 3.8) is 0 Å². The highest BCUT2D eigenvalue weighted by Crippen LogP contribution is 2.05. The van der Waals surface area contributed by atoms with Gasteiger partial charge in [0, 0.05) is 6.20 Å². The SMILES string of the molecule is O=C(O)c1ccc(Br)nc1.O=NO. The van der Waals surface area contributed by atoms with Crippen LogP contribution in [0.4, 0.5) is 0 Å². The summed E-state index contributed by atoms with van der Waals surface area (Å²) in [6, 6.07) is 3.07. The maximum atomic E-state index is 10.3. The number of carboxylic acid groups (broad SMARTS) is 1. The summed E-state index contributed by atoms with van der Waals surface area (Å²) in [5, 5.41) is 16.3. The van der Waals surface area contributed by atoms with Gasteiger partial charge in [-0.05, 0) is 28.1 Å². The maximum Gasteiger partial charge on any atom is 0.337 e. The molecule has 0 unspecified atom stereocenters. The van der Waals surface area contributed by atoms with E-state index in [1.807, 2.05) is 0 Å². The largest absolute Gasteiger partial charge is 0.478 e. The Morgan fingerprint density at radius 3 is 2.38 bits per heavy atom. The van der Waals surface area contributed by atoms with Crippen molar-refractivity contribution >= 4 is 21.9 Å². The monoisotopic (exact) mass is 248 g/mol. The Morgan fingerprint density at radius 1 is 1.54 bits per heavy atom. The third-order valence-electron chi connectivity index (χ3n) is 0.974. The van der Waals surface area contributed by atoms with E-state index in [9.17, 15) is 4.79 Å².